The summed E-state index contributed by atoms with van der Waals surface area (Å²) in [5, 5.41) is 0. The van der Waals surface area contributed by atoms with E-state index in [1.54, 1.807) is 13.3 Å². The number of benzene rings is 1. The van der Waals surface area contributed by atoms with Gasteiger partial charge in [0, 0.05) is 17.8 Å². The number of rotatable bonds is 3. The van der Waals surface area contributed by atoms with Crippen molar-refractivity contribution in [2.45, 2.75) is 6.42 Å². The van der Waals surface area contributed by atoms with E-state index >= 15 is 0 Å². The normalized spacial score (nSPS) is 10.7. The summed E-state index contributed by atoms with van der Waals surface area (Å²) in [6.07, 6.45) is 2.60. The molecule has 1 aromatic carbocycles. The Kier molecular flexibility index (Phi) is 3.33. The van der Waals surface area contributed by atoms with E-state index in [0.717, 1.165) is 28.6 Å². The van der Waals surface area contributed by atoms with Crippen LogP contribution in [0, 0.1) is 6.92 Å². The minimum atomic E-state index is 0.598. The van der Waals surface area contributed by atoms with Gasteiger partial charge in [-0.1, -0.05) is 24.3 Å². The average Bonchev–Trinajstić information content (AvgIpc) is 2.54. The summed E-state index contributed by atoms with van der Waals surface area (Å²) < 4.78 is 5.20. The molecule has 3 rings (SSSR count). The van der Waals surface area contributed by atoms with Crippen molar-refractivity contribution >= 4 is 11.0 Å². The molecule has 0 N–H and O–H groups in total. The second-order valence-electron chi connectivity index (χ2n) is 4.53. The van der Waals surface area contributed by atoms with Crippen LogP contribution in [0.3, 0.4) is 0 Å². The van der Waals surface area contributed by atoms with E-state index in [2.05, 4.69) is 41.2 Å². The highest BCUT2D eigenvalue weighted by Crippen LogP contribution is 2.27. The molecule has 3 aromatic rings. The molecule has 1 radical (unpaired) electrons. The van der Waals surface area contributed by atoms with Crippen LogP contribution in [0.25, 0.3) is 22.2 Å². The van der Waals surface area contributed by atoms with Crippen LogP contribution in [-0.2, 0) is 6.42 Å². The number of fused-ring (bicyclic) bond motifs is 1. The van der Waals surface area contributed by atoms with Crippen molar-refractivity contribution in [3.63, 3.8) is 0 Å². The first-order chi connectivity index (χ1) is 9.81. The Balaban J connectivity index is 2.18. The molecule has 20 heavy (non-hydrogen) atoms. The number of nitrogens with zero attached hydrogens (tertiary/aromatic N) is 2. The quantitative estimate of drug-likeness (QED) is 0.723. The zero-order chi connectivity index (χ0) is 13.9. The van der Waals surface area contributed by atoms with Crippen molar-refractivity contribution in [2.24, 2.45) is 0 Å². The minimum absolute atomic E-state index is 0.598. The highest BCUT2D eigenvalue weighted by atomic mass is 16.5. The maximum Gasteiger partial charge on any atom is 0.213 e. The summed E-state index contributed by atoms with van der Waals surface area (Å²) in [6, 6.07) is 14.1. The Morgan fingerprint density at radius 2 is 1.85 bits per heavy atom. The van der Waals surface area contributed by atoms with Gasteiger partial charge in [0.2, 0.25) is 5.88 Å². The van der Waals surface area contributed by atoms with Gasteiger partial charge < -0.3 is 4.74 Å². The van der Waals surface area contributed by atoms with Crippen LogP contribution in [0.4, 0.5) is 0 Å². The average molecular weight is 263 g/mol. The zero-order valence-electron chi connectivity index (χ0n) is 11.3. The van der Waals surface area contributed by atoms with E-state index in [1.807, 2.05) is 18.2 Å². The number of methoxy groups -OCH3 is 1. The predicted octanol–water partition coefficient (Wildman–Crippen LogP) is 3.68. The molecule has 0 fully saturated rings. The van der Waals surface area contributed by atoms with Crippen molar-refractivity contribution < 1.29 is 4.74 Å². The molecule has 0 aliphatic carbocycles. The maximum atomic E-state index is 5.20. The van der Waals surface area contributed by atoms with Gasteiger partial charge in [0.1, 0.15) is 5.52 Å². The molecule has 0 saturated carbocycles. The molecule has 2 heterocycles. The molecule has 2 aromatic heterocycles. The van der Waals surface area contributed by atoms with Gasteiger partial charge in [-0.3, -0.25) is 4.98 Å². The summed E-state index contributed by atoms with van der Waals surface area (Å²) in [4.78, 5) is 8.86. The van der Waals surface area contributed by atoms with E-state index < -0.39 is 0 Å². The van der Waals surface area contributed by atoms with Gasteiger partial charge in [0.05, 0.1) is 12.6 Å². The van der Waals surface area contributed by atoms with Crippen molar-refractivity contribution in [3.8, 4) is 17.0 Å². The van der Waals surface area contributed by atoms with Crippen molar-refractivity contribution in [1.29, 1.82) is 0 Å². The lowest BCUT2D eigenvalue weighted by Crippen LogP contribution is -1.92. The van der Waals surface area contributed by atoms with Crippen LogP contribution >= 0.6 is 0 Å². The maximum absolute atomic E-state index is 5.20. The SMILES string of the molecule is [CH2]Cc1ccc(-c2ccnc3ccc(OC)nc23)cc1. The molecule has 0 aliphatic rings. The Morgan fingerprint density at radius 3 is 2.55 bits per heavy atom. The number of ether oxygens (including phenoxy) is 1. The topological polar surface area (TPSA) is 35.0 Å². The number of hydrogen-bond acceptors (Lipinski definition) is 3. The fourth-order valence-corrected chi connectivity index (χ4v) is 2.20. The molecule has 99 valence electrons. The van der Waals surface area contributed by atoms with Crippen LogP contribution in [0.15, 0.2) is 48.7 Å². The second-order valence-corrected chi connectivity index (χ2v) is 4.53. The van der Waals surface area contributed by atoms with Gasteiger partial charge in [-0.15, -0.1) is 0 Å². The Hall–Kier alpha value is -2.42. The number of aromatic nitrogens is 2. The van der Waals surface area contributed by atoms with E-state index in [4.69, 9.17) is 4.74 Å². The third kappa shape index (κ3) is 2.23. The van der Waals surface area contributed by atoms with Gasteiger partial charge >= 0.3 is 0 Å². The summed E-state index contributed by atoms with van der Waals surface area (Å²) in [5.41, 5.74) is 5.12. The van der Waals surface area contributed by atoms with Gasteiger partial charge in [0.15, 0.2) is 0 Å². The predicted molar refractivity (Wildman–Crippen MR) is 80.6 cm³/mol. The highest BCUT2D eigenvalue weighted by Gasteiger charge is 2.07. The number of hydrogen-bond donors (Lipinski definition) is 0. The summed E-state index contributed by atoms with van der Waals surface area (Å²) >= 11 is 0. The monoisotopic (exact) mass is 263 g/mol. The van der Waals surface area contributed by atoms with E-state index in [-0.39, 0.29) is 0 Å². The van der Waals surface area contributed by atoms with Crippen LogP contribution < -0.4 is 4.74 Å². The molecule has 3 nitrogen and oxygen atoms in total. The van der Waals surface area contributed by atoms with E-state index in [0.29, 0.717) is 5.88 Å². The standard InChI is InChI=1S/C17H15N2O/c1-3-12-4-6-13(7-5-12)14-10-11-18-15-8-9-16(20-2)19-17(14)15/h4-11H,1,3H2,2H3. The fraction of sp³-hybridized carbons (Fsp3) is 0.118. The lowest BCUT2D eigenvalue weighted by molar-refractivity contribution is 0.399. The van der Waals surface area contributed by atoms with Crippen LogP contribution in [0.1, 0.15) is 5.56 Å². The van der Waals surface area contributed by atoms with Crippen LogP contribution in [0.5, 0.6) is 5.88 Å². The van der Waals surface area contributed by atoms with Crippen LogP contribution in [0.2, 0.25) is 0 Å². The smallest absolute Gasteiger partial charge is 0.213 e. The minimum Gasteiger partial charge on any atom is -0.481 e. The van der Waals surface area contributed by atoms with E-state index in [1.165, 1.54) is 5.56 Å². The second kappa shape index (κ2) is 5.29. The molecule has 0 amide bonds. The lowest BCUT2D eigenvalue weighted by atomic mass is 10.0. The highest BCUT2D eigenvalue weighted by molar-refractivity contribution is 5.91. The molecule has 0 unspecified atom stereocenters. The molecule has 0 saturated heterocycles. The molecular formula is C17H15N2O. The number of pyridine rings is 2. The first-order valence-corrected chi connectivity index (χ1v) is 6.50. The molecule has 0 spiro atoms. The van der Waals surface area contributed by atoms with E-state index in [9.17, 15) is 0 Å². The Bertz CT molecular complexity index is 736. The summed E-state index contributed by atoms with van der Waals surface area (Å²) in [7, 11) is 1.62. The first kappa shape index (κ1) is 12.6. The van der Waals surface area contributed by atoms with Crippen molar-refractivity contribution in [2.75, 3.05) is 7.11 Å². The fourth-order valence-electron chi connectivity index (χ4n) is 2.20. The summed E-state index contributed by atoms with van der Waals surface area (Å²) in [5.74, 6) is 0.598. The van der Waals surface area contributed by atoms with Gasteiger partial charge in [0.25, 0.3) is 0 Å². The third-order valence-corrected chi connectivity index (χ3v) is 3.32. The molecule has 0 aliphatic heterocycles. The molecule has 3 heteroatoms. The third-order valence-electron chi connectivity index (χ3n) is 3.32. The largest absolute Gasteiger partial charge is 0.481 e. The molecular weight excluding hydrogens is 248 g/mol. The van der Waals surface area contributed by atoms with Crippen molar-refractivity contribution in [1.82, 2.24) is 9.97 Å². The molecule has 0 bridgehead atoms. The summed E-state index contributed by atoms with van der Waals surface area (Å²) in [6.45, 7) is 3.89. The van der Waals surface area contributed by atoms with Crippen LogP contribution in [-0.4, -0.2) is 17.1 Å². The van der Waals surface area contributed by atoms with Crippen molar-refractivity contribution in [3.05, 3.63) is 61.1 Å². The van der Waals surface area contributed by atoms with Gasteiger partial charge in [-0.05, 0) is 36.6 Å². The zero-order valence-corrected chi connectivity index (χ0v) is 11.3. The van der Waals surface area contributed by atoms with Gasteiger partial charge in [-0.25, -0.2) is 4.98 Å². The molecule has 0 atom stereocenters. The first-order valence-electron chi connectivity index (χ1n) is 6.50. The van der Waals surface area contributed by atoms with Gasteiger partial charge in [-0.2, -0.15) is 0 Å². The lowest BCUT2D eigenvalue weighted by Gasteiger charge is -2.07. The Labute approximate surface area is 118 Å². The Morgan fingerprint density at radius 1 is 1.05 bits per heavy atom.